The number of nitrogens with two attached hydrogens (primary N) is 1. The molecule has 2 N–H and O–H groups in total. The van der Waals surface area contributed by atoms with Gasteiger partial charge in [-0.2, -0.15) is 0 Å². The topological polar surface area (TPSA) is 26.0 Å². The van der Waals surface area contributed by atoms with Crippen molar-refractivity contribution in [2.45, 2.75) is 10.4 Å². The Kier molecular flexibility index (Phi) is 3.72. The second-order valence-electron chi connectivity index (χ2n) is 3.93. The lowest BCUT2D eigenvalue weighted by Crippen LogP contribution is -2.34. The maximum absolute atomic E-state index is 6.11. The summed E-state index contributed by atoms with van der Waals surface area (Å²) >= 11 is 12.2. The van der Waals surface area contributed by atoms with Crippen molar-refractivity contribution < 1.29 is 0 Å². The fourth-order valence-corrected chi connectivity index (χ4v) is 2.43. The number of alkyl halides is 2. The van der Waals surface area contributed by atoms with Crippen LogP contribution < -0.4 is 5.73 Å². The van der Waals surface area contributed by atoms with E-state index in [-0.39, 0.29) is 5.92 Å². The number of rotatable bonds is 3. The number of hydrogen-bond acceptors (Lipinski definition) is 1. The van der Waals surface area contributed by atoms with E-state index in [1.54, 1.807) is 0 Å². The Labute approximate surface area is 111 Å². The first-order valence-corrected chi connectivity index (χ1v) is 6.11. The van der Waals surface area contributed by atoms with Crippen molar-refractivity contribution in [2.75, 3.05) is 0 Å². The Morgan fingerprint density at radius 2 is 1.12 bits per heavy atom. The van der Waals surface area contributed by atoms with Gasteiger partial charge >= 0.3 is 0 Å². The normalized spacial score (nSPS) is 11.8. The first-order valence-electron chi connectivity index (χ1n) is 5.35. The van der Waals surface area contributed by atoms with Crippen LogP contribution in [-0.4, -0.2) is 4.46 Å². The highest BCUT2D eigenvalue weighted by atomic mass is 35.5. The van der Waals surface area contributed by atoms with Crippen LogP contribution in [0.25, 0.3) is 0 Å². The molecular formula is C14H13Cl2N. The number of halogens is 2. The highest BCUT2D eigenvalue weighted by molar-refractivity contribution is 6.48. The molecule has 0 unspecified atom stereocenters. The molecule has 0 aliphatic heterocycles. The Balaban J connectivity index is 2.48. The lowest BCUT2D eigenvalue weighted by molar-refractivity contribution is 0.698. The van der Waals surface area contributed by atoms with Gasteiger partial charge in [0.05, 0.1) is 5.92 Å². The molecule has 3 heteroatoms. The van der Waals surface area contributed by atoms with E-state index < -0.39 is 4.46 Å². The minimum absolute atomic E-state index is 0.242. The third kappa shape index (κ3) is 3.01. The summed E-state index contributed by atoms with van der Waals surface area (Å²) in [5.41, 5.74) is 7.89. The molecule has 0 aliphatic rings. The molecule has 0 heterocycles. The van der Waals surface area contributed by atoms with E-state index in [9.17, 15) is 0 Å². The van der Waals surface area contributed by atoms with Gasteiger partial charge in [0.25, 0.3) is 0 Å². The Hall–Kier alpha value is -1.02. The molecule has 0 aliphatic carbocycles. The smallest absolute Gasteiger partial charge is 0.177 e. The molecule has 0 saturated heterocycles. The minimum atomic E-state index is -1.33. The maximum atomic E-state index is 6.11. The van der Waals surface area contributed by atoms with Crippen molar-refractivity contribution in [3.63, 3.8) is 0 Å². The van der Waals surface area contributed by atoms with Gasteiger partial charge in [-0.1, -0.05) is 83.9 Å². The first-order chi connectivity index (χ1) is 8.09. The highest BCUT2D eigenvalue weighted by Gasteiger charge is 2.32. The van der Waals surface area contributed by atoms with Gasteiger partial charge in [-0.05, 0) is 11.1 Å². The number of hydrogen-bond donors (Lipinski definition) is 1. The Morgan fingerprint density at radius 1 is 0.765 bits per heavy atom. The standard InChI is InChI=1S/C14H13Cl2N/c15-14(16,17)13(11-7-3-1-4-8-11)12-9-5-2-6-10-12/h1-10,13H,17H2. The van der Waals surface area contributed by atoms with Crippen molar-refractivity contribution >= 4 is 23.2 Å². The van der Waals surface area contributed by atoms with Crippen molar-refractivity contribution in [3.05, 3.63) is 71.8 Å². The molecule has 2 aromatic carbocycles. The summed E-state index contributed by atoms with van der Waals surface area (Å²) in [4.78, 5) is 0. The van der Waals surface area contributed by atoms with E-state index in [0.717, 1.165) is 11.1 Å². The highest BCUT2D eigenvalue weighted by Crippen LogP contribution is 2.38. The van der Waals surface area contributed by atoms with Crippen molar-refractivity contribution in [3.8, 4) is 0 Å². The maximum Gasteiger partial charge on any atom is 0.177 e. The quantitative estimate of drug-likeness (QED) is 0.661. The summed E-state index contributed by atoms with van der Waals surface area (Å²) in [6, 6.07) is 19.6. The minimum Gasteiger partial charge on any atom is -0.299 e. The molecule has 2 aromatic rings. The van der Waals surface area contributed by atoms with E-state index in [2.05, 4.69) is 0 Å². The zero-order chi connectivity index (χ0) is 12.3. The van der Waals surface area contributed by atoms with E-state index in [1.807, 2.05) is 60.7 Å². The summed E-state index contributed by atoms with van der Waals surface area (Å²) in [5, 5.41) is 0. The largest absolute Gasteiger partial charge is 0.299 e. The summed E-state index contributed by atoms with van der Waals surface area (Å²) in [5.74, 6) is -0.242. The van der Waals surface area contributed by atoms with Crippen LogP contribution in [-0.2, 0) is 0 Å². The van der Waals surface area contributed by atoms with Gasteiger partial charge in [-0.25, -0.2) is 0 Å². The molecule has 17 heavy (non-hydrogen) atoms. The fraction of sp³-hybridized carbons (Fsp3) is 0.143. The van der Waals surface area contributed by atoms with E-state index in [1.165, 1.54) is 0 Å². The molecule has 2 rings (SSSR count). The lowest BCUT2D eigenvalue weighted by Gasteiger charge is -2.27. The summed E-state index contributed by atoms with van der Waals surface area (Å²) in [6.45, 7) is 0. The Bertz CT molecular complexity index is 423. The molecular weight excluding hydrogens is 253 g/mol. The predicted octanol–water partition coefficient (Wildman–Crippen LogP) is 3.91. The molecule has 0 aromatic heterocycles. The van der Waals surface area contributed by atoms with Gasteiger partial charge in [0.15, 0.2) is 4.46 Å². The van der Waals surface area contributed by atoms with Gasteiger partial charge < -0.3 is 0 Å². The zero-order valence-electron chi connectivity index (χ0n) is 9.18. The SMILES string of the molecule is NC(Cl)(Cl)C(c1ccccc1)c1ccccc1. The molecule has 88 valence electrons. The summed E-state index contributed by atoms with van der Waals surface area (Å²) in [6.07, 6.45) is 0. The molecule has 0 bridgehead atoms. The third-order valence-electron chi connectivity index (χ3n) is 2.65. The van der Waals surface area contributed by atoms with Crippen LogP contribution in [0.15, 0.2) is 60.7 Å². The average molecular weight is 266 g/mol. The summed E-state index contributed by atoms with van der Waals surface area (Å²) in [7, 11) is 0. The average Bonchev–Trinajstić information content (AvgIpc) is 2.30. The first kappa shape index (κ1) is 12.4. The van der Waals surface area contributed by atoms with E-state index in [4.69, 9.17) is 28.9 Å². The predicted molar refractivity (Wildman–Crippen MR) is 73.4 cm³/mol. The molecule has 0 radical (unpaired) electrons. The molecule has 0 atom stereocenters. The monoisotopic (exact) mass is 265 g/mol. The van der Waals surface area contributed by atoms with Crippen LogP contribution in [0.3, 0.4) is 0 Å². The second-order valence-corrected chi connectivity index (χ2v) is 5.37. The molecule has 1 nitrogen and oxygen atoms in total. The van der Waals surface area contributed by atoms with Gasteiger partial charge in [0.1, 0.15) is 0 Å². The molecule has 0 fully saturated rings. The third-order valence-corrected chi connectivity index (χ3v) is 3.09. The van der Waals surface area contributed by atoms with E-state index in [0.29, 0.717) is 0 Å². The van der Waals surface area contributed by atoms with Crippen LogP contribution in [0.5, 0.6) is 0 Å². The number of benzene rings is 2. The van der Waals surface area contributed by atoms with Crippen LogP contribution >= 0.6 is 23.2 Å². The van der Waals surface area contributed by atoms with Crippen molar-refractivity contribution in [2.24, 2.45) is 5.73 Å². The molecule has 0 amide bonds. The van der Waals surface area contributed by atoms with Gasteiger partial charge in [0, 0.05) is 0 Å². The second kappa shape index (κ2) is 5.09. The van der Waals surface area contributed by atoms with Crippen molar-refractivity contribution in [1.29, 1.82) is 0 Å². The van der Waals surface area contributed by atoms with Crippen LogP contribution in [0.2, 0.25) is 0 Å². The van der Waals surface area contributed by atoms with Gasteiger partial charge in [0.2, 0.25) is 0 Å². The zero-order valence-corrected chi connectivity index (χ0v) is 10.7. The molecule has 0 spiro atoms. The van der Waals surface area contributed by atoms with Gasteiger partial charge in [-0.15, -0.1) is 0 Å². The Morgan fingerprint density at radius 3 is 1.41 bits per heavy atom. The van der Waals surface area contributed by atoms with Gasteiger partial charge in [-0.3, -0.25) is 5.73 Å². The van der Waals surface area contributed by atoms with Crippen molar-refractivity contribution in [1.82, 2.24) is 0 Å². The lowest BCUT2D eigenvalue weighted by atomic mass is 9.91. The van der Waals surface area contributed by atoms with Crippen LogP contribution in [0, 0.1) is 0 Å². The van der Waals surface area contributed by atoms with Crippen LogP contribution in [0.4, 0.5) is 0 Å². The van der Waals surface area contributed by atoms with E-state index >= 15 is 0 Å². The fourth-order valence-electron chi connectivity index (χ4n) is 1.93. The molecule has 0 saturated carbocycles. The summed E-state index contributed by atoms with van der Waals surface area (Å²) < 4.78 is -1.33. The van der Waals surface area contributed by atoms with Crippen LogP contribution in [0.1, 0.15) is 17.0 Å².